The molecule has 0 bridgehead atoms. The van der Waals surface area contributed by atoms with E-state index in [-0.39, 0.29) is 5.91 Å². The van der Waals surface area contributed by atoms with E-state index in [9.17, 15) is 4.79 Å². The SMILES string of the molecule is O=C(CN1CCN(CCc2ccccc2)CC1)NC1CCCCCCC1. The van der Waals surface area contributed by atoms with Crippen molar-refractivity contribution >= 4 is 5.91 Å². The molecule has 0 atom stereocenters. The molecule has 3 rings (SSSR count). The van der Waals surface area contributed by atoms with Crippen LogP contribution in [0.1, 0.15) is 50.5 Å². The number of amides is 1. The molecule has 144 valence electrons. The minimum Gasteiger partial charge on any atom is -0.352 e. The molecule has 4 heteroatoms. The maximum Gasteiger partial charge on any atom is 0.234 e. The highest BCUT2D eigenvalue weighted by molar-refractivity contribution is 5.78. The van der Waals surface area contributed by atoms with Gasteiger partial charge in [-0.25, -0.2) is 0 Å². The van der Waals surface area contributed by atoms with Crippen molar-refractivity contribution in [3.8, 4) is 0 Å². The molecule has 4 nitrogen and oxygen atoms in total. The predicted molar refractivity (Wildman–Crippen MR) is 107 cm³/mol. The van der Waals surface area contributed by atoms with E-state index in [4.69, 9.17) is 0 Å². The molecular weight excluding hydrogens is 322 g/mol. The molecule has 26 heavy (non-hydrogen) atoms. The van der Waals surface area contributed by atoms with Gasteiger partial charge in [-0.2, -0.15) is 0 Å². The minimum absolute atomic E-state index is 0.230. The summed E-state index contributed by atoms with van der Waals surface area (Å²) in [7, 11) is 0. The van der Waals surface area contributed by atoms with Gasteiger partial charge in [0.15, 0.2) is 0 Å². The van der Waals surface area contributed by atoms with Crippen molar-refractivity contribution in [3.05, 3.63) is 35.9 Å². The van der Waals surface area contributed by atoms with E-state index in [1.165, 1.54) is 50.5 Å². The number of nitrogens with one attached hydrogen (secondary N) is 1. The fraction of sp³-hybridized carbons (Fsp3) is 0.682. The van der Waals surface area contributed by atoms with Crippen LogP contribution in [0.3, 0.4) is 0 Å². The molecule has 1 aromatic carbocycles. The van der Waals surface area contributed by atoms with Gasteiger partial charge in [0, 0.05) is 38.8 Å². The summed E-state index contributed by atoms with van der Waals surface area (Å²) < 4.78 is 0. The molecule has 0 spiro atoms. The van der Waals surface area contributed by atoms with Gasteiger partial charge < -0.3 is 10.2 Å². The lowest BCUT2D eigenvalue weighted by atomic mass is 9.97. The van der Waals surface area contributed by atoms with Crippen LogP contribution in [-0.4, -0.2) is 61.0 Å². The summed E-state index contributed by atoms with van der Waals surface area (Å²) >= 11 is 0. The zero-order chi connectivity index (χ0) is 18.0. The standard InChI is InChI=1S/C22H35N3O/c26-22(23-21-11-7-2-1-3-8-12-21)19-25-17-15-24(16-18-25)14-13-20-9-5-4-6-10-20/h4-6,9-10,21H,1-3,7-8,11-19H2,(H,23,26). The first kappa shape index (κ1) is 19.4. The van der Waals surface area contributed by atoms with Gasteiger partial charge in [-0.15, -0.1) is 0 Å². The monoisotopic (exact) mass is 357 g/mol. The van der Waals surface area contributed by atoms with Crippen LogP contribution in [0, 0.1) is 0 Å². The molecule has 1 aromatic rings. The lowest BCUT2D eigenvalue weighted by molar-refractivity contribution is -0.123. The van der Waals surface area contributed by atoms with E-state index in [0.29, 0.717) is 12.6 Å². The van der Waals surface area contributed by atoms with Crippen LogP contribution < -0.4 is 5.32 Å². The Morgan fingerprint density at radius 1 is 0.885 bits per heavy atom. The summed E-state index contributed by atoms with van der Waals surface area (Å²) in [5.74, 6) is 0.230. The van der Waals surface area contributed by atoms with E-state index in [1.54, 1.807) is 0 Å². The average Bonchev–Trinajstić information content (AvgIpc) is 2.64. The summed E-state index contributed by atoms with van der Waals surface area (Å²) in [6.07, 6.45) is 10.0. The summed E-state index contributed by atoms with van der Waals surface area (Å²) in [6, 6.07) is 11.1. The number of piperazine rings is 1. The number of rotatable bonds is 6. The highest BCUT2D eigenvalue weighted by Crippen LogP contribution is 2.17. The molecule has 1 heterocycles. The van der Waals surface area contributed by atoms with E-state index in [0.717, 1.165) is 39.1 Å². The predicted octanol–water partition coefficient (Wildman–Crippen LogP) is 3.08. The van der Waals surface area contributed by atoms with Crippen LogP contribution in [-0.2, 0) is 11.2 Å². The quantitative estimate of drug-likeness (QED) is 0.850. The van der Waals surface area contributed by atoms with Crippen molar-refractivity contribution in [2.24, 2.45) is 0 Å². The average molecular weight is 358 g/mol. The van der Waals surface area contributed by atoms with Crippen molar-refractivity contribution in [1.82, 2.24) is 15.1 Å². The summed E-state index contributed by atoms with van der Waals surface area (Å²) in [5.41, 5.74) is 1.41. The molecular formula is C22H35N3O. The van der Waals surface area contributed by atoms with Gasteiger partial charge in [0.1, 0.15) is 0 Å². The maximum absolute atomic E-state index is 12.4. The number of hydrogen-bond acceptors (Lipinski definition) is 3. The second-order valence-corrected chi connectivity index (χ2v) is 7.96. The zero-order valence-corrected chi connectivity index (χ0v) is 16.2. The summed E-state index contributed by atoms with van der Waals surface area (Å²) in [6.45, 7) is 5.85. The first-order valence-electron chi connectivity index (χ1n) is 10.6. The molecule has 2 aliphatic rings. The highest BCUT2D eigenvalue weighted by atomic mass is 16.2. The third-order valence-corrected chi connectivity index (χ3v) is 5.86. The van der Waals surface area contributed by atoms with Crippen molar-refractivity contribution in [1.29, 1.82) is 0 Å². The zero-order valence-electron chi connectivity index (χ0n) is 16.2. The highest BCUT2D eigenvalue weighted by Gasteiger charge is 2.20. The Morgan fingerprint density at radius 2 is 1.50 bits per heavy atom. The van der Waals surface area contributed by atoms with E-state index >= 15 is 0 Å². The third-order valence-electron chi connectivity index (χ3n) is 5.86. The van der Waals surface area contributed by atoms with Gasteiger partial charge in [0.25, 0.3) is 0 Å². The van der Waals surface area contributed by atoms with Crippen molar-refractivity contribution in [3.63, 3.8) is 0 Å². The number of nitrogens with zero attached hydrogens (tertiary/aromatic N) is 2. The molecule has 1 aliphatic heterocycles. The minimum atomic E-state index is 0.230. The van der Waals surface area contributed by atoms with Gasteiger partial charge >= 0.3 is 0 Å². The summed E-state index contributed by atoms with van der Waals surface area (Å²) in [4.78, 5) is 17.2. The Labute approximate surface area is 158 Å². The first-order chi connectivity index (χ1) is 12.8. The van der Waals surface area contributed by atoms with Crippen LogP contribution in [0.25, 0.3) is 0 Å². The van der Waals surface area contributed by atoms with E-state index in [2.05, 4.69) is 45.4 Å². The molecule has 0 unspecified atom stereocenters. The molecule has 0 aromatic heterocycles. The van der Waals surface area contributed by atoms with Crippen molar-refractivity contribution in [2.45, 2.75) is 57.4 Å². The second-order valence-electron chi connectivity index (χ2n) is 7.96. The fourth-order valence-electron chi connectivity index (χ4n) is 4.18. The number of carbonyl (C=O) groups excluding carboxylic acids is 1. The number of hydrogen-bond donors (Lipinski definition) is 1. The topological polar surface area (TPSA) is 35.6 Å². The molecule has 1 aliphatic carbocycles. The normalized spacial score (nSPS) is 21.1. The number of carbonyl (C=O) groups is 1. The number of benzene rings is 1. The first-order valence-corrected chi connectivity index (χ1v) is 10.6. The van der Waals surface area contributed by atoms with Crippen LogP contribution in [0.15, 0.2) is 30.3 Å². The largest absolute Gasteiger partial charge is 0.352 e. The van der Waals surface area contributed by atoms with Gasteiger partial charge in [0.2, 0.25) is 5.91 Å². The van der Waals surface area contributed by atoms with Crippen LogP contribution >= 0.6 is 0 Å². The van der Waals surface area contributed by atoms with Crippen molar-refractivity contribution < 1.29 is 4.79 Å². The van der Waals surface area contributed by atoms with Gasteiger partial charge in [-0.1, -0.05) is 62.4 Å². The van der Waals surface area contributed by atoms with Gasteiger partial charge in [-0.3, -0.25) is 9.69 Å². The van der Waals surface area contributed by atoms with E-state index in [1.807, 2.05) is 0 Å². The third kappa shape index (κ3) is 6.73. The lowest BCUT2D eigenvalue weighted by Crippen LogP contribution is -2.50. The Hall–Kier alpha value is -1.39. The molecule has 1 N–H and O–H groups in total. The van der Waals surface area contributed by atoms with Crippen LogP contribution in [0.2, 0.25) is 0 Å². The second kappa shape index (κ2) is 10.7. The fourth-order valence-corrected chi connectivity index (χ4v) is 4.18. The van der Waals surface area contributed by atoms with Crippen molar-refractivity contribution in [2.75, 3.05) is 39.3 Å². The Balaban J connectivity index is 1.32. The molecule has 0 radical (unpaired) electrons. The van der Waals surface area contributed by atoms with Gasteiger partial charge in [0.05, 0.1) is 6.54 Å². The smallest absolute Gasteiger partial charge is 0.234 e. The Bertz CT molecular complexity index is 517. The lowest BCUT2D eigenvalue weighted by Gasteiger charge is -2.34. The van der Waals surface area contributed by atoms with Crippen LogP contribution in [0.5, 0.6) is 0 Å². The molecule has 1 amide bonds. The Morgan fingerprint density at radius 3 is 2.19 bits per heavy atom. The maximum atomic E-state index is 12.4. The summed E-state index contributed by atoms with van der Waals surface area (Å²) in [5, 5.41) is 3.30. The van der Waals surface area contributed by atoms with Crippen LogP contribution in [0.4, 0.5) is 0 Å². The van der Waals surface area contributed by atoms with Gasteiger partial charge in [-0.05, 0) is 24.8 Å². The van der Waals surface area contributed by atoms with E-state index < -0.39 is 0 Å². The molecule has 1 saturated heterocycles. The Kier molecular flexibility index (Phi) is 7.96. The molecule has 1 saturated carbocycles. The molecule has 2 fully saturated rings.